The van der Waals surface area contributed by atoms with E-state index in [1.807, 2.05) is 0 Å². The zero-order valence-corrected chi connectivity index (χ0v) is 17.8. The number of anilines is 1. The standard InChI is InChI=1S/C21H20IN3O4/c1-2-4-15(7-8-22)13-18-20(27)25(21(28)23-18)17-6-3-5-16(14-17)19(26)24-9-11-29-12-10-24/h2-8,13-14H,1,9-12H2,(H,23,28)/b8-7-,15-4+,18-13-. The Balaban J connectivity index is 1.86. The van der Waals surface area contributed by atoms with Crippen molar-refractivity contribution in [3.8, 4) is 0 Å². The molecule has 29 heavy (non-hydrogen) atoms. The minimum absolute atomic E-state index is 0.152. The number of hydrogen-bond acceptors (Lipinski definition) is 4. The molecule has 1 aromatic carbocycles. The van der Waals surface area contributed by atoms with E-state index in [0.717, 1.165) is 10.5 Å². The van der Waals surface area contributed by atoms with Gasteiger partial charge in [-0.2, -0.15) is 0 Å². The number of ether oxygens (including phenoxy) is 1. The molecule has 2 aliphatic rings. The van der Waals surface area contributed by atoms with Crippen molar-refractivity contribution >= 4 is 46.1 Å². The molecule has 2 fully saturated rings. The van der Waals surface area contributed by atoms with E-state index in [2.05, 4.69) is 34.5 Å². The lowest BCUT2D eigenvalue weighted by Crippen LogP contribution is -2.40. The summed E-state index contributed by atoms with van der Waals surface area (Å²) in [6.45, 7) is 5.68. The number of benzene rings is 1. The van der Waals surface area contributed by atoms with Crippen LogP contribution in [0.15, 0.2) is 70.5 Å². The summed E-state index contributed by atoms with van der Waals surface area (Å²) < 4.78 is 7.07. The minimum atomic E-state index is -0.561. The van der Waals surface area contributed by atoms with Crippen molar-refractivity contribution in [3.63, 3.8) is 0 Å². The quantitative estimate of drug-likeness (QED) is 0.289. The highest BCUT2D eigenvalue weighted by molar-refractivity contribution is 14.1. The summed E-state index contributed by atoms with van der Waals surface area (Å²) >= 11 is 2.07. The number of rotatable bonds is 5. The summed E-state index contributed by atoms with van der Waals surface area (Å²) in [7, 11) is 0. The van der Waals surface area contributed by atoms with Gasteiger partial charge >= 0.3 is 6.03 Å². The molecule has 2 heterocycles. The summed E-state index contributed by atoms with van der Waals surface area (Å²) in [5, 5.41) is 2.59. The molecular formula is C21H20IN3O4. The van der Waals surface area contributed by atoms with Crippen molar-refractivity contribution in [2.75, 3.05) is 31.2 Å². The van der Waals surface area contributed by atoms with Crippen LogP contribution >= 0.6 is 22.6 Å². The number of halogens is 1. The van der Waals surface area contributed by atoms with Gasteiger partial charge in [-0.25, -0.2) is 9.69 Å². The van der Waals surface area contributed by atoms with Gasteiger partial charge in [-0.05, 0) is 40.0 Å². The average molecular weight is 505 g/mol. The zero-order chi connectivity index (χ0) is 20.8. The van der Waals surface area contributed by atoms with Crippen LogP contribution < -0.4 is 10.2 Å². The monoisotopic (exact) mass is 505 g/mol. The van der Waals surface area contributed by atoms with E-state index >= 15 is 0 Å². The van der Waals surface area contributed by atoms with Crippen LogP contribution in [-0.4, -0.2) is 49.0 Å². The number of allylic oxidation sites excluding steroid dienone is 5. The highest BCUT2D eigenvalue weighted by Gasteiger charge is 2.35. The molecule has 0 bridgehead atoms. The first-order valence-electron chi connectivity index (χ1n) is 8.99. The smallest absolute Gasteiger partial charge is 0.333 e. The number of nitrogens with one attached hydrogen (secondary N) is 1. The first kappa shape index (κ1) is 21.0. The van der Waals surface area contributed by atoms with E-state index in [-0.39, 0.29) is 11.6 Å². The average Bonchev–Trinajstić information content (AvgIpc) is 3.01. The molecule has 0 spiro atoms. The van der Waals surface area contributed by atoms with Crippen LogP contribution in [0, 0.1) is 0 Å². The van der Waals surface area contributed by atoms with Crippen molar-refractivity contribution in [2.45, 2.75) is 0 Å². The number of morpholine rings is 1. The lowest BCUT2D eigenvalue weighted by molar-refractivity contribution is -0.113. The molecule has 0 saturated carbocycles. The molecule has 0 unspecified atom stereocenters. The number of imide groups is 1. The van der Waals surface area contributed by atoms with Gasteiger partial charge in [0.05, 0.1) is 18.9 Å². The molecule has 0 radical (unpaired) electrons. The van der Waals surface area contributed by atoms with Crippen molar-refractivity contribution in [2.24, 2.45) is 0 Å². The Morgan fingerprint density at radius 2 is 2.00 bits per heavy atom. The Hall–Kier alpha value is -2.72. The molecule has 1 aromatic rings. The molecule has 0 aromatic heterocycles. The lowest BCUT2D eigenvalue weighted by Gasteiger charge is -2.27. The number of amides is 4. The maximum absolute atomic E-state index is 12.8. The number of urea groups is 1. The summed E-state index contributed by atoms with van der Waals surface area (Å²) in [6.07, 6.45) is 6.70. The lowest BCUT2D eigenvalue weighted by atomic mass is 10.1. The van der Waals surface area contributed by atoms with Crippen LogP contribution in [0.25, 0.3) is 0 Å². The van der Waals surface area contributed by atoms with Gasteiger partial charge in [0.2, 0.25) is 0 Å². The number of nitrogens with zero attached hydrogens (tertiary/aromatic N) is 2. The van der Waals surface area contributed by atoms with E-state index in [1.54, 1.807) is 57.6 Å². The summed E-state index contributed by atoms with van der Waals surface area (Å²) in [6, 6.07) is 5.96. The van der Waals surface area contributed by atoms with Crippen LogP contribution in [0.4, 0.5) is 10.5 Å². The van der Waals surface area contributed by atoms with E-state index in [0.29, 0.717) is 37.6 Å². The van der Waals surface area contributed by atoms with E-state index in [4.69, 9.17) is 4.74 Å². The second-order valence-corrected chi connectivity index (χ2v) is 7.00. The fourth-order valence-electron chi connectivity index (χ4n) is 3.02. The molecule has 1 N–H and O–H groups in total. The highest BCUT2D eigenvalue weighted by Crippen LogP contribution is 2.24. The van der Waals surface area contributed by atoms with Gasteiger partial charge in [-0.15, -0.1) is 0 Å². The largest absolute Gasteiger partial charge is 0.378 e. The summed E-state index contributed by atoms with van der Waals surface area (Å²) in [4.78, 5) is 40.7. The van der Waals surface area contributed by atoms with Gasteiger partial charge in [0.25, 0.3) is 11.8 Å². The fourth-order valence-corrected chi connectivity index (χ4v) is 3.44. The van der Waals surface area contributed by atoms with Crippen LogP contribution in [0.5, 0.6) is 0 Å². The first-order chi connectivity index (χ1) is 14.0. The SMILES string of the molecule is C=C/C=C(\C=C/I)/C=C1\NC(=O)N(c2cccc(C(=O)N3CCOCC3)c2)C1=O. The van der Waals surface area contributed by atoms with Gasteiger partial charge in [0.1, 0.15) is 5.70 Å². The Morgan fingerprint density at radius 3 is 2.69 bits per heavy atom. The van der Waals surface area contributed by atoms with E-state index in [9.17, 15) is 14.4 Å². The number of carbonyl (C=O) groups excluding carboxylic acids is 3. The fraction of sp³-hybridized carbons (Fsp3) is 0.190. The third-order valence-corrected chi connectivity index (χ3v) is 4.76. The third kappa shape index (κ3) is 4.83. The minimum Gasteiger partial charge on any atom is -0.378 e. The molecule has 8 heteroatoms. The maximum atomic E-state index is 12.8. The van der Waals surface area contributed by atoms with E-state index < -0.39 is 11.9 Å². The Bertz CT molecular complexity index is 930. The van der Waals surface area contributed by atoms with Gasteiger partial charge in [0.15, 0.2) is 0 Å². The second kappa shape index (κ2) is 9.66. The third-order valence-electron chi connectivity index (χ3n) is 4.40. The van der Waals surface area contributed by atoms with Gasteiger partial charge in [0, 0.05) is 18.7 Å². The summed E-state index contributed by atoms with van der Waals surface area (Å²) in [5.41, 5.74) is 1.63. The Morgan fingerprint density at radius 1 is 1.24 bits per heavy atom. The molecule has 150 valence electrons. The number of carbonyl (C=O) groups is 3. The van der Waals surface area contributed by atoms with Crippen molar-refractivity contribution < 1.29 is 19.1 Å². The van der Waals surface area contributed by atoms with Crippen LogP contribution in [0.2, 0.25) is 0 Å². The van der Waals surface area contributed by atoms with Crippen LogP contribution in [0.3, 0.4) is 0 Å². The molecule has 0 atom stereocenters. The predicted octanol–water partition coefficient (Wildman–Crippen LogP) is 3.16. The molecule has 7 nitrogen and oxygen atoms in total. The molecule has 3 rings (SSSR count). The Kier molecular flexibility index (Phi) is 6.99. The first-order valence-corrected chi connectivity index (χ1v) is 10.2. The maximum Gasteiger partial charge on any atom is 0.333 e. The van der Waals surface area contributed by atoms with Crippen molar-refractivity contribution in [1.82, 2.24) is 10.2 Å². The van der Waals surface area contributed by atoms with Crippen LogP contribution in [0.1, 0.15) is 10.4 Å². The van der Waals surface area contributed by atoms with E-state index in [1.165, 1.54) is 0 Å². The Labute approximate surface area is 182 Å². The summed E-state index contributed by atoms with van der Waals surface area (Å²) in [5.74, 6) is -0.635. The second-order valence-electron chi connectivity index (χ2n) is 6.28. The van der Waals surface area contributed by atoms with Gasteiger partial charge in [-0.1, -0.05) is 47.4 Å². The predicted molar refractivity (Wildman–Crippen MR) is 119 cm³/mol. The van der Waals surface area contributed by atoms with Crippen molar-refractivity contribution in [3.05, 3.63) is 76.1 Å². The molecule has 2 aliphatic heterocycles. The highest BCUT2D eigenvalue weighted by atomic mass is 127. The van der Waals surface area contributed by atoms with Gasteiger partial charge < -0.3 is 15.0 Å². The van der Waals surface area contributed by atoms with Gasteiger partial charge in [-0.3, -0.25) is 9.59 Å². The number of hydrogen-bond donors (Lipinski definition) is 1. The zero-order valence-electron chi connectivity index (χ0n) is 15.6. The topological polar surface area (TPSA) is 79.0 Å². The van der Waals surface area contributed by atoms with Crippen molar-refractivity contribution in [1.29, 1.82) is 0 Å². The molecule has 0 aliphatic carbocycles. The molecular weight excluding hydrogens is 485 g/mol. The molecule has 4 amide bonds. The normalized spacial score (nSPS) is 19.2. The van der Waals surface area contributed by atoms with Crippen LogP contribution in [-0.2, 0) is 9.53 Å². The molecule has 2 saturated heterocycles.